The lowest BCUT2D eigenvalue weighted by Crippen LogP contribution is -2.35. The van der Waals surface area contributed by atoms with E-state index in [0.29, 0.717) is 24.8 Å². The number of nitrogens with zero attached hydrogens (tertiary/aromatic N) is 3. The van der Waals surface area contributed by atoms with Crippen LogP contribution in [0.4, 0.5) is 0 Å². The molecule has 0 aliphatic carbocycles. The van der Waals surface area contributed by atoms with Gasteiger partial charge in [0, 0.05) is 32.4 Å². The molecule has 0 unspecified atom stereocenters. The summed E-state index contributed by atoms with van der Waals surface area (Å²) in [7, 11) is 0. The van der Waals surface area contributed by atoms with E-state index in [1.165, 1.54) is 0 Å². The van der Waals surface area contributed by atoms with E-state index < -0.39 is 0 Å². The van der Waals surface area contributed by atoms with E-state index in [9.17, 15) is 4.79 Å². The Morgan fingerprint density at radius 2 is 2.04 bits per heavy atom. The molecule has 0 saturated carbocycles. The zero-order valence-corrected chi connectivity index (χ0v) is 15.9. The lowest BCUT2D eigenvalue weighted by atomic mass is 10.2. The molecule has 6 nitrogen and oxygen atoms in total. The highest BCUT2D eigenvalue weighted by molar-refractivity contribution is 5.92. The summed E-state index contributed by atoms with van der Waals surface area (Å²) in [4.78, 5) is 19.4. The molecule has 6 heteroatoms. The lowest BCUT2D eigenvalue weighted by molar-refractivity contribution is 0.0946. The maximum absolute atomic E-state index is 12.4. The van der Waals surface area contributed by atoms with Crippen molar-refractivity contribution in [3.8, 4) is 5.75 Å². The van der Waals surface area contributed by atoms with E-state index in [4.69, 9.17) is 4.74 Å². The van der Waals surface area contributed by atoms with Crippen molar-refractivity contribution in [2.75, 3.05) is 19.7 Å². The largest absolute Gasteiger partial charge is 0.494 e. The van der Waals surface area contributed by atoms with Crippen molar-refractivity contribution >= 4 is 5.91 Å². The van der Waals surface area contributed by atoms with Crippen LogP contribution in [0.1, 0.15) is 42.6 Å². The molecule has 1 aromatic heterocycles. The van der Waals surface area contributed by atoms with Crippen LogP contribution in [0.2, 0.25) is 0 Å². The van der Waals surface area contributed by atoms with Crippen LogP contribution in [0.25, 0.3) is 0 Å². The quantitative estimate of drug-likeness (QED) is 0.829. The summed E-state index contributed by atoms with van der Waals surface area (Å²) in [5, 5.41) is 2.95. The van der Waals surface area contributed by atoms with Gasteiger partial charge < -0.3 is 14.6 Å². The minimum Gasteiger partial charge on any atom is -0.494 e. The van der Waals surface area contributed by atoms with E-state index in [-0.39, 0.29) is 5.91 Å². The molecule has 0 spiro atoms. The second kappa shape index (κ2) is 8.36. The number of aromatic nitrogens is 2. The van der Waals surface area contributed by atoms with Crippen LogP contribution in [0.3, 0.4) is 0 Å². The van der Waals surface area contributed by atoms with Gasteiger partial charge in [-0.1, -0.05) is 26.0 Å². The zero-order valence-electron chi connectivity index (χ0n) is 15.9. The van der Waals surface area contributed by atoms with Gasteiger partial charge in [0.2, 0.25) is 0 Å². The molecular weight excluding hydrogens is 328 g/mol. The van der Waals surface area contributed by atoms with Crippen molar-refractivity contribution in [3.63, 3.8) is 0 Å². The van der Waals surface area contributed by atoms with Gasteiger partial charge >= 0.3 is 0 Å². The number of hydrogen-bond donors (Lipinski definition) is 1. The second-order valence-corrected chi connectivity index (χ2v) is 7.12. The van der Waals surface area contributed by atoms with E-state index in [1.54, 1.807) is 0 Å². The molecule has 0 fully saturated rings. The van der Waals surface area contributed by atoms with E-state index in [0.717, 1.165) is 43.3 Å². The standard InChI is InChI=1S/C20H28N4O2/c1-4-26-17-7-5-16(6-8-17)11-21-20(25)18-13-24-10-9-23(12-15(2)3)14-19(24)22-18/h5-8,13,15H,4,9-12,14H2,1-3H3,(H,21,25). The van der Waals surface area contributed by atoms with Gasteiger partial charge in [-0.2, -0.15) is 0 Å². The summed E-state index contributed by atoms with van der Waals surface area (Å²) in [6.45, 7) is 11.3. The lowest BCUT2D eigenvalue weighted by Gasteiger charge is -2.28. The van der Waals surface area contributed by atoms with Gasteiger partial charge in [0.25, 0.3) is 5.91 Å². The number of benzene rings is 1. The van der Waals surface area contributed by atoms with Crippen molar-refractivity contribution in [1.29, 1.82) is 0 Å². The topological polar surface area (TPSA) is 59.4 Å². The Kier molecular flexibility index (Phi) is 5.93. The van der Waals surface area contributed by atoms with Gasteiger partial charge in [0.1, 0.15) is 17.3 Å². The molecule has 1 N–H and O–H groups in total. The Labute approximate surface area is 155 Å². The van der Waals surface area contributed by atoms with Gasteiger partial charge in [-0.15, -0.1) is 0 Å². The molecule has 0 bridgehead atoms. The van der Waals surface area contributed by atoms with Crippen LogP contribution in [-0.4, -0.2) is 40.1 Å². The van der Waals surface area contributed by atoms with Crippen LogP contribution in [0.15, 0.2) is 30.5 Å². The minimum atomic E-state index is -0.129. The number of hydrogen-bond acceptors (Lipinski definition) is 4. The number of rotatable bonds is 7. The van der Waals surface area contributed by atoms with Crippen molar-refractivity contribution in [2.45, 2.75) is 40.4 Å². The van der Waals surface area contributed by atoms with Gasteiger partial charge in [-0.25, -0.2) is 4.98 Å². The first-order valence-corrected chi connectivity index (χ1v) is 9.33. The molecule has 3 rings (SSSR count). The summed E-state index contributed by atoms with van der Waals surface area (Å²) < 4.78 is 7.53. The maximum atomic E-state index is 12.4. The van der Waals surface area contributed by atoms with Gasteiger partial charge in [-0.05, 0) is 30.5 Å². The fourth-order valence-electron chi connectivity index (χ4n) is 3.23. The monoisotopic (exact) mass is 356 g/mol. The van der Waals surface area contributed by atoms with Crippen LogP contribution >= 0.6 is 0 Å². The third-order valence-corrected chi connectivity index (χ3v) is 4.42. The summed E-state index contributed by atoms with van der Waals surface area (Å²) in [5.74, 6) is 2.32. The molecular formula is C20H28N4O2. The summed E-state index contributed by atoms with van der Waals surface area (Å²) in [5.41, 5.74) is 1.53. The van der Waals surface area contributed by atoms with Gasteiger partial charge in [-0.3, -0.25) is 9.69 Å². The third-order valence-electron chi connectivity index (χ3n) is 4.42. The first kappa shape index (κ1) is 18.5. The molecule has 1 aromatic carbocycles. The number of fused-ring (bicyclic) bond motifs is 1. The van der Waals surface area contributed by atoms with Crippen molar-refractivity contribution < 1.29 is 9.53 Å². The predicted molar refractivity (Wildman–Crippen MR) is 101 cm³/mol. The summed E-state index contributed by atoms with van der Waals surface area (Å²) >= 11 is 0. The van der Waals surface area contributed by atoms with Gasteiger partial charge in [0.15, 0.2) is 0 Å². The first-order valence-electron chi connectivity index (χ1n) is 9.33. The number of amides is 1. The normalized spacial score (nSPS) is 14.3. The highest BCUT2D eigenvalue weighted by Crippen LogP contribution is 2.15. The second-order valence-electron chi connectivity index (χ2n) is 7.12. The van der Waals surface area contributed by atoms with E-state index in [2.05, 4.69) is 33.6 Å². The molecule has 0 saturated heterocycles. The number of carbonyl (C=O) groups excluding carboxylic acids is 1. The molecule has 1 aliphatic rings. The first-order chi connectivity index (χ1) is 12.5. The molecule has 0 atom stereocenters. The van der Waals surface area contributed by atoms with Crippen LogP contribution < -0.4 is 10.1 Å². The van der Waals surface area contributed by atoms with Crippen LogP contribution in [-0.2, 0) is 19.6 Å². The molecule has 26 heavy (non-hydrogen) atoms. The van der Waals surface area contributed by atoms with Crippen LogP contribution in [0.5, 0.6) is 5.75 Å². The number of carbonyl (C=O) groups is 1. The molecule has 2 aromatic rings. The Hall–Kier alpha value is -2.34. The highest BCUT2D eigenvalue weighted by Gasteiger charge is 2.21. The Balaban J connectivity index is 1.56. The van der Waals surface area contributed by atoms with Crippen LogP contribution in [0, 0.1) is 5.92 Å². The highest BCUT2D eigenvalue weighted by atomic mass is 16.5. The zero-order chi connectivity index (χ0) is 18.5. The Morgan fingerprint density at radius 3 is 2.73 bits per heavy atom. The predicted octanol–water partition coefficient (Wildman–Crippen LogP) is 2.68. The molecule has 1 aliphatic heterocycles. The fraction of sp³-hybridized carbons (Fsp3) is 0.500. The summed E-state index contributed by atoms with van der Waals surface area (Å²) in [6.07, 6.45) is 1.87. The number of imidazole rings is 1. The maximum Gasteiger partial charge on any atom is 0.271 e. The molecule has 140 valence electrons. The Morgan fingerprint density at radius 1 is 1.27 bits per heavy atom. The molecule has 0 radical (unpaired) electrons. The molecule has 1 amide bonds. The van der Waals surface area contributed by atoms with E-state index in [1.807, 2.05) is 37.4 Å². The van der Waals surface area contributed by atoms with Crippen molar-refractivity contribution in [3.05, 3.63) is 47.5 Å². The third kappa shape index (κ3) is 4.64. The average Bonchev–Trinajstić information content (AvgIpc) is 3.04. The van der Waals surface area contributed by atoms with Crippen molar-refractivity contribution in [2.24, 2.45) is 5.92 Å². The van der Waals surface area contributed by atoms with Crippen molar-refractivity contribution in [1.82, 2.24) is 19.8 Å². The smallest absolute Gasteiger partial charge is 0.271 e. The fourth-order valence-corrected chi connectivity index (χ4v) is 3.23. The average molecular weight is 356 g/mol. The number of ether oxygens (including phenoxy) is 1. The summed E-state index contributed by atoms with van der Waals surface area (Å²) in [6, 6.07) is 7.77. The van der Waals surface area contributed by atoms with E-state index >= 15 is 0 Å². The van der Waals surface area contributed by atoms with Gasteiger partial charge in [0.05, 0.1) is 13.2 Å². The minimum absolute atomic E-state index is 0.129. The molecule has 2 heterocycles. The Bertz CT molecular complexity index is 737. The number of nitrogens with one attached hydrogen (secondary N) is 1. The SMILES string of the molecule is CCOc1ccc(CNC(=O)c2cn3c(n2)CN(CC(C)C)CC3)cc1.